The summed E-state index contributed by atoms with van der Waals surface area (Å²) >= 11 is 0. The second-order valence-electron chi connectivity index (χ2n) is 6.36. The molecule has 1 aliphatic heterocycles. The molecule has 1 N–H and O–H groups in total. The summed E-state index contributed by atoms with van der Waals surface area (Å²) < 4.78 is 4.74. The van der Waals surface area contributed by atoms with E-state index in [2.05, 4.69) is 16.3 Å². The van der Waals surface area contributed by atoms with E-state index in [0.29, 0.717) is 25.3 Å². The Morgan fingerprint density at radius 1 is 1.24 bits per heavy atom. The summed E-state index contributed by atoms with van der Waals surface area (Å²) in [5.74, 6) is -0.396. The molecule has 0 saturated carbocycles. The van der Waals surface area contributed by atoms with Crippen molar-refractivity contribution in [1.82, 2.24) is 15.1 Å². The molecule has 0 radical (unpaired) electrons. The van der Waals surface area contributed by atoms with E-state index < -0.39 is 5.97 Å². The summed E-state index contributed by atoms with van der Waals surface area (Å²) in [5.41, 5.74) is 4.31. The van der Waals surface area contributed by atoms with E-state index in [1.807, 2.05) is 35.8 Å². The molecule has 25 heavy (non-hydrogen) atoms. The Hall–Kier alpha value is -2.67. The third-order valence-corrected chi connectivity index (χ3v) is 4.32. The Kier molecular flexibility index (Phi) is 4.85. The van der Waals surface area contributed by atoms with Crippen LogP contribution in [0.5, 0.6) is 0 Å². The molecule has 132 valence electrons. The summed E-state index contributed by atoms with van der Waals surface area (Å²) in [6, 6.07) is 6.16. The van der Waals surface area contributed by atoms with Crippen molar-refractivity contribution in [2.24, 2.45) is 0 Å². The second kappa shape index (κ2) is 7.06. The van der Waals surface area contributed by atoms with Crippen LogP contribution in [0.3, 0.4) is 0 Å². The number of piperazine rings is 1. The first kappa shape index (κ1) is 17.2. The zero-order valence-corrected chi connectivity index (χ0v) is 14.7. The molecule has 0 atom stereocenters. The van der Waals surface area contributed by atoms with E-state index in [4.69, 9.17) is 4.74 Å². The molecule has 7 nitrogen and oxygen atoms in total. The molecule has 7 heteroatoms. The lowest BCUT2D eigenvalue weighted by atomic mass is 10.1. The maximum absolute atomic E-state index is 12.6. The summed E-state index contributed by atoms with van der Waals surface area (Å²) in [5, 5.41) is 6.57. The number of esters is 1. The van der Waals surface area contributed by atoms with Crippen LogP contribution in [0.25, 0.3) is 0 Å². The molecule has 1 fully saturated rings. The summed E-state index contributed by atoms with van der Waals surface area (Å²) in [7, 11) is 1.33. The molecule has 1 aromatic carbocycles. The van der Waals surface area contributed by atoms with Crippen LogP contribution >= 0.6 is 0 Å². The summed E-state index contributed by atoms with van der Waals surface area (Å²) in [6.07, 6.45) is 1.60. The molecule has 0 unspecified atom stereocenters. The molecule has 0 spiro atoms. The number of carbonyl (C=O) groups is 2. The van der Waals surface area contributed by atoms with Crippen molar-refractivity contribution in [3.63, 3.8) is 0 Å². The van der Waals surface area contributed by atoms with E-state index in [-0.39, 0.29) is 5.91 Å². The highest BCUT2D eigenvalue weighted by Crippen LogP contribution is 2.22. The van der Waals surface area contributed by atoms with Crippen molar-refractivity contribution in [2.45, 2.75) is 20.4 Å². The molecule has 2 aromatic rings. The fraction of sp³-hybridized carbons (Fsp3) is 0.389. The number of anilines is 1. The van der Waals surface area contributed by atoms with Crippen LogP contribution in [0.4, 0.5) is 5.69 Å². The van der Waals surface area contributed by atoms with Gasteiger partial charge in [0.2, 0.25) is 5.91 Å². The van der Waals surface area contributed by atoms with Gasteiger partial charge in [-0.3, -0.25) is 14.8 Å². The number of hydrogen-bond acceptors (Lipinski definition) is 5. The third kappa shape index (κ3) is 3.71. The Balaban J connectivity index is 1.69. The van der Waals surface area contributed by atoms with Gasteiger partial charge in [-0.1, -0.05) is 6.07 Å². The van der Waals surface area contributed by atoms with Crippen LogP contribution in [0.15, 0.2) is 24.4 Å². The molecule has 1 saturated heterocycles. The number of amides is 1. The standard InChI is InChI=1S/C18H22N4O3/c1-12-6-13(2)8-15(7-12)22-5-4-21(11-16(22)23)10-14-9-19-20-17(14)18(24)25-3/h6-9H,4-5,10-11H2,1-3H3,(H,19,20). The normalized spacial score (nSPS) is 15.5. The van der Waals surface area contributed by atoms with Gasteiger partial charge in [0.1, 0.15) is 5.69 Å². The van der Waals surface area contributed by atoms with Crippen LogP contribution in [-0.4, -0.2) is 53.7 Å². The number of carbonyl (C=O) groups excluding carboxylic acids is 2. The molecule has 1 aliphatic rings. The van der Waals surface area contributed by atoms with Crippen LogP contribution < -0.4 is 4.90 Å². The van der Waals surface area contributed by atoms with Gasteiger partial charge in [0.25, 0.3) is 0 Å². The number of nitrogens with one attached hydrogen (secondary N) is 1. The molecular formula is C18H22N4O3. The minimum Gasteiger partial charge on any atom is -0.464 e. The van der Waals surface area contributed by atoms with Gasteiger partial charge < -0.3 is 9.64 Å². The molecule has 2 heterocycles. The number of aromatic amines is 1. The van der Waals surface area contributed by atoms with E-state index in [9.17, 15) is 9.59 Å². The molecular weight excluding hydrogens is 320 g/mol. The van der Waals surface area contributed by atoms with Crippen LogP contribution in [0, 0.1) is 13.8 Å². The molecule has 3 rings (SSSR count). The first-order chi connectivity index (χ1) is 12.0. The SMILES string of the molecule is COC(=O)c1[nH]ncc1CN1CCN(c2cc(C)cc(C)c2)C(=O)C1. The van der Waals surface area contributed by atoms with Gasteiger partial charge in [-0.25, -0.2) is 4.79 Å². The predicted octanol–water partition coefficient (Wildman–Crippen LogP) is 1.66. The Bertz CT molecular complexity index is 779. The lowest BCUT2D eigenvalue weighted by molar-refractivity contribution is -0.121. The predicted molar refractivity (Wildman–Crippen MR) is 93.5 cm³/mol. The zero-order valence-electron chi connectivity index (χ0n) is 14.7. The van der Waals surface area contributed by atoms with E-state index in [1.54, 1.807) is 6.20 Å². The summed E-state index contributed by atoms with van der Waals surface area (Å²) in [6.45, 7) is 6.19. The lowest BCUT2D eigenvalue weighted by Crippen LogP contribution is -2.50. The maximum Gasteiger partial charge on any atom is 0.356 e. The smallest absolute Gasteiger partial charge is 0.356 e. The highest BCUT2D eigenvalue weighted by molar-refractivity contribution is 5.95. The van der Waals surface area contributed by atoms with Crippen LogP contribution in [0.1, 0.15) is 27.2 Å². The summed E-state index contributed by atoms with van der Waals surface area (Å²) in [4.78, 5) is 28.2. The fourth-order valence-corrected chi connectivity index (χ4v) is 3.19. The largest absolute Gasteiger partial charge is 0.464 e. The van der Waals surface area contributed by atoms with Gasteiger partial charge in [-0.15, -0.1) is 0 Å². The van der Waals surface area contributed by atoms with Gasteiger partial charge >= 0.3 is 5.97 Å². The van der Waals surface area contributed by atoms with Gasteiger partial charge in [-0.05, 0) is 37.1 Å². The zero-order chi connectivity index (χ0) is 18.0. The van der Waals surface area contributed by atoms with Crippen LogP contribution in [-0.2, 0) is 16.1 Å². The highest BCUT2D eigenvalue weighted by atomic mass is 16.5. The number of H-pyrrole nitrogens is 1. The van der Waals surface area contributed by atoms with Crippen molar-refractivity contribution in [3.8, 4) is 0 Å². The number of aryl methyl sites for hydroxylation is 2. The first-order valence-electron chi connectivity index (χ1n) is 8.19. The topological polar surface area (TPSA) is 78.5 Å². The minimum absolute atomic E-state index is 0.0550. The van der Waals surface area contributed by atoms with Crippen molar-refractivity contribution >= 4 is 17.6 Å². The number of methoxy groups -OCH3 is 1. The molecule has 1 amide bonds. The fourth-order valence-electron chi connectivity index (χ4n) is 3.19. The number of aromatic nitrogens is 2. The maximum atomic E-state index is 12.6. The average Bonchev–Trinajstić information content (AvgIpc) is 3.01. The second-order valence-corrected chi connectivity index (χ2v) is 6.36. The quantitative estimate of drug-likeness (QED) is 0.855. The number of hydrogen-bond donors (Lipinski definition) is 1. The Morgan fingerprint density at radius 3 is 2.60 bits per heavy atom. The minimum atomic E-state index is -0.451. The Labute approximate surface area is 146 Å². The monoisotopic (exact) mass is 342 g/mol. The van der Waals surface area contributed by atoms with E-state index in [1.165, 1.54) is 7.11 Å². The number of nitrogens with zero attached hydrogens (tertiary/aromatic N) is 3. The van der Waals surface area contributed by atoms with Crippen LogP contribution in [0.2, 0.25) is 0 Å². The van der Waals surface area contributed by atoms with Gasteiger partial charge in [0.15, 0.2) is 0 Å². The van der Waals surface area contributed by atoms with Crippen molar-refractivity contribution < 1.29 is 14.3 Å². The van der Waals surface area contributed by atoms with Crippen molar-refractivity contribution in [1.29, 1.82) is 0 Å². The van der Waals surface area contributed by atoms with E-state index >= 15 is 0 Å². The molecule has 1 aromatic heterocycles. The lowest BCUT2D eigenvalue weighted by Gasteiger charge is -2.34. The average molecular weight is 342 g/mol. The molecule has 0 bridgehead atoms. The van der Waals surface area contributed by atoms with Gasteiger partial charge in [0.05, 0.1) is 19.9 Å². The third-order valence-electron chi connectivity index (χ3n) is 4.32. The molecule has 0 aliphatic carbocycles. The number of benzene rings is 1. The van der Waals surface area contributed by atoms with Gasteiger partial charge in [0, 0.05) is 30.9 Å². The Morgan fingerprint density at radius 2 is 1.96 bits per heavy atom. The van der Waals surface area contributed by atoms with E-state index in [0.717, 1.165) is 28.9 Å². The highest BCUT2D eigenvalue weighted by Gasteiger charge is 2.27. The van der Waals surface area contributed by atoms with Gasteiger partial charge in [-0.2, -0.15) is 5.10 Å². The van der Waals surface area contributed by atoms with Crippen molar-refractivity contribution in [3.05, 3.63) is 46.8 Å². The van der Waals surface area contributed by atoms with Crippen molar-refractivity contribution in [2.75, 3.05) is 31.6 Å². The number of ether oxygens (including phenoxy) is 1. The number of rotatable bonds is 4. The first-order valence-corrected chi connectivity index (χ1v) is 8.19.